The fourth-order valence-corrected chi connectivity index (χ4v) is 1.48. The molecule has 3 N–H and O–H groups in total. The van der Waals surface area contributed by atoms with Crippen LogP contribution in [0.3, 0.4) is 0 Å². The Bertz CT molecular complexity index is 306. The van der Waals surface area contributed by atoms with Crippen molar-refractivity contribution < 1.29 is 34.6 Å². The van der Waals surface area contributed by atoms with Crippen LogP contribution in [-0.2, 0) is 21.3 Å². The summed E-state index contributed by atoms with van der Waals surface area (Å²) in [6.07, 6.45) is 3.44. The normalized spacial score (nSPS) is 11.8. The number of phosphoric ester groups is 1. The first kappa shape index (κ1) is 20.5. The van der Waals surface area contributed by atoms with Crippen LogP contribution in [0.25, 0.3) is 0 Å². The van der Waals surface area contributed by atoms with Gasteiger partial charge < -0.3 is 4.89 Å². The standard InChI is InChI=1S/C8H19O4P.H2O4Se/c1-3-5-7-11-13(9,10)12-8-6-4-2;1-5(2,3)4/h3-8H2,1-2H3,(H,9,10);(H2,1,2,3,4). The number of unbranched alkanes of at least 4 members (excludes halogenated alkanes) is 2. The minimum atomic E-state index is -5.25. The third-order valence-electron chi connectivity index (χ3n) is 1.50. The summed E-state index contributed by atoms with van der Waals surface area (Å²) in [7, 11) is -3.75. The van der Waals surface area contributed by atoms with Crippen LogP contribution in [0, 0.1) is 0 Å². The van der Waals surface area contributed by atoms with E-state index in [4.69, 9.17) is 30.0 Å². The van der Waals surface area contributed by atoms with Crippen molar-refractivity contribution in [2.45, 2.75) is 39.5 Å². The zero-order valence-corrected chi connectivity index (χ0v) is 13.1. The molecule has 0 aromatic carbocycles. The van der Waals surface area contributed by atoms with Gasteiger partial charge in [0.2, 0.25) is 0 Å². The zero-order valence-electron chi connectivity index (χ0n) is 10.5. The molecule has 8 nitrogen and oxygen atoms in total. The van der Waals surface area contributed by atoms with Crippen molar-refractivity contribution in [1.29, 1.82) is 0 Å². The Balaban J connectivity index is 0. The van der Waals surface area contributed by atoms with Crippen LogP contribution in [0.2, 0.25) is 0 Å². The molecule has 0 aliphatic heterocycles. The Kier molecular flexibility index (Phi) is 12.5. The van der Waals surface area contributed by atoms with Crippen LogP contribution < -0.4 is 0 Å². The topological polar surface area (TPSA) is 130 Å². The van der Waals surface area contributed by atoms with Crippen molar-refractivity contribution in [2.75, 3.05) is 13.2 Å². The molecule has 0 saturated heterocycles. The summed E-state index contributed by atoms with van der Waals surface area (Å²) in [6.45, 7) is 4.56. The van der Waals surface area contributed by atoms with Gasteiger partial charge in [-0.25, -0.2) is 4.57 Å². The van der Waals surface area contributed by atoms with Gasteiger partial charge in [0, 0.05) is 0 Å². The van der Waals surface area contributed by atoms with Gasteiger partial charge in [0.1, 0.15) is 0 Å². The van der Waals surface area contributed by atoms with Gasteiger partial charge >= 0.3 is 37.2 Å². The molecule has 0 saturated carbocycles. The van der Waals surface area contributed by atoms with Crippen LogP contribution in [0.5, 0.6) is 0 Å². The van der Waals surface area contributed by atoms with E-state index in [1.54, 1.807) is 0 Å². The van der Waals surface area contributed by atoms with Crippen LogP contribution in [0.4, 0.5) is 0 Å². The maximum absolute atomic E-state index is 11.1. The van der Waals surface area contributed by atoms with E-state index in [2.05, 4.69) is 0 Å². The van der Waals surface area contributed by atoms with E-state index in [0.717, 1.165) is 25.7 Å². The van der Waals surface area contributed by atoms with Gasteiger partial charge in [0.15, 0.2) is 0 Å². The molecule has 0 heterocycles. The Labute approximate surface area is 109 Å². The van der Waals surface area contributed by atoms with E-state index >= 15 is 0 Å². The van der Waals surface area contributed by atoms with E-state index in [-0.39, 0.29) is 13.2 Å². The first-order valence-electron chi connectivity index (χ1n) is 5.44. The van der Waals surface area contributed by atoms with E-state index in [9.17, 15) is 4.57 Å². The van der Waals surface area contributed by atoms with Crippen LogP contribution >= 0.6 is 7.82 Å². The summed E-state index contributed by atoms with van der Waals surface area (Å²) in [6, 6.07) is 0. The molecule has 0 aromatic heterocycles. The molecule has 0 aromatic rings. The van der Waals surface area contributed by atoms with E-state index in [0.29, 0.717) is 0 Å². The number of phosphoric acid groups is 1. The summed E-state index contributed by atoms with van der Waals surface area (Å²) < 4.78 is 52.4. The summed E-state index contributed by atoms with van der Waals surface area (Å²) in [5.41, 5.74) is 0. The maximum atomic E-state index is 11.1. The second-order valence-electron chi connectivity index (χ2n) is 3.29. The predicted octanol–water partition coefficient (Wildman–Crippen LogP) is 0.988. The minimum absolute atomic E-state index is 0.288. The molecule has 10 heteroatoms. The molecular weight excluding hydrogens is 334 g/mol. The van der Waals surface area contributed by atoms with Crippen molar-refractivity contribution in [2.24, 2.45) is 0 Å². The van der Waals surface area contributed by atoms with E-state index in [1.807, 2.05) is 13.8 Å². The van der Waals surface area contributed by atoms with Gasteiger partial charge in [-0.05, 0) is 12.8 Å². The van der Waals surface area contributed by atoms with Gasteiger partial charge in [0.25, 0.3) is 0 Å². The van der Waals surface area contributed by atoms with Gasteiger partial charge in [-0.1, -0.05) is 26.7 Å². The Hall–Kier alpha value is 0.149. The summed E-state index contributed by atoms with van der Waals surface area (Å²) in [5, 5.41) is 0. The number of hydrogen-bond acceptors (Lipinski definition) is 5. The molecule has 0 amide bonds. The molecule has 0 atom stereocenters. The van der Waals surface area contributed by atoms with Crippen molar-refractivity contribution in [1.82, 2.24) is 0 Å². The second-order valence-corrected chi connectivity index (χ2v) is 6.62. The van der Waals surface area contributed by atoms with Gasteiger partial charge in [0.05, 0.1) is 13.2 Å². The van der Waals surface area contributed by atoms with Crippen LogP contribution in [0.15, 0.2) is 0 Å². The average Bonchev–Trinajstić information content (AvgIpc) is 2.15. The van der Waals surface area contributed by atoms with Crippen molar-refractivity contribution in [3.8, 4) is 0 Å². The third kappa shape index (κ3) is 25.1. The molecule has 0 aliphatic carbocycles. The fourth-order valence-electron chi connectivity index (χ4n) is 0.686. The van der Waals surface area contributed by atoms with Crippen LogP contribution in [0.1, 0.15) is 39.5 Å². The van der Waals surface area contributed by atoms with E-state index < -0.39 is 21.2 Å². The van der Waals surface area contributed by atoms with Crippen molar-refractivity contribution in [3.63, 3.8) is 0 Å². The fraction of sp³-hybridized carbons (Fsp3) is 1.00. The molecule has 18 heavy (non-hydrogen) atoms. The van der Waals surface area contributed by atoms with Gasteiger partial charge in [-0.2, -0.15) is 0 Å². The van der Waals surface area contributed by atoms with Crippen molar-refractivity contribution in [3.05, 3.63) is 0 Å². The first-order chi connectivity index (χ1) is 8.12. The van der Waals surface area contributed by atoms with Crippen LogP contribution in [-0.4, -0.2) is 39.9 Å². The Morgan fingerprint density at radius 1 is 1.00 bits per heavy atom. The van der Waals surface area contributed by atoms with E-state index in [1.165, 1.54) is 0 Å². The first-order valence-corrected chi connectivity index (χ1v) is 9.86. The molecule has 0 bridgehead atoms. The summed E-state index contributed by atoms with van der Waals surface area (Å²) in [5.74, 6) is 0. The van der Waals surface area contributed by atoms with Crippen molar-refractivity contribution >= 4 is 21.2 Å². The SMILES string of the molecule is CCCCOP(=O)(O)OCCCC.O=[Se](=O)(O)O. The molecule has 0 unspecified atom stereocenters. The van der Waals surface area contributed by atoms with Gasteiger partial charge in [-0.15, -0.1) is 0 Å². The molecule has 0 rings (SSSR count). The summed E-state index contributed by atoms with van der Waals surface area (Å²) in [4.78, 5) is 9.08. The molecule has 0 fully saturated rings. The van der Waals surface area contributed by atoms with Gasteiger partial charge in [-0.3, -0.25) is 9.05 Å². The predicted molar refractivity (Wildman–Crippen MR) is 63.1 cm³/mol. The molecule has 0 aliphatic rings. The molecular formula is C8H21O8PSe. The second kappa shape index (κ2) is 11.0. The average molecular weight is 355 g/mol. The monoisotopic (exact) mass is 356 g/mol. The number of hydrogen-bond donors (Lipinski definition) is 3. The third-order valence-corrected chi connectivity index (χ3v) is 2.52. The molecule has 0 radical (unpaired) electrons. The quantitative estimate of drug-likeness (QED) is 0.334. The Morgan fingerprint density at radius 3 is 1.50 bits per heavy atom. The molecule has 112 valence electrons. The Morgan fingerprint density at radius 2 is 1.28 bits per heavy atom. The summed E-state index contributed by atoms with van der Waals surface area (Å²) >= 11 is -5.25. The molecule has 0 spiro atoms. The number of rotatable bonds is 8. The zero-order chi connectivity index (χ0) is 14.7.